The Morgan fingerprint density at radius 3 is 2.55 bits per heavy atom. The van der Waals surface area contributed by atoms with Crippen LogP contribution in [0.15, 0.2) is 48.5 Å². The summed E-state index contributed by atoms with van der Waals surface area (Å²) < 4.78 is 2.07. The van der Waals surface area contributed by atoms with Crippen molar-refractivity contribution in [3.05, 3.63) is 59.1 Å². The lowest BCUT2D eigenvalue weighted by atomic mass is 9.95. The van der Waals surface area contributed by atoms with Gasteiger partial charge in [-0.05, 0) is 49.4 Å². The number of anilines is 1. The molecule has 1 aliphatic rings. The number of carbonyl (C=O) groups excluding carboxylic acids is 2. The minimum atomic E-state index is -0.123. The van der Waals surface area contributed by atoms with E-state index in [1.165, 1.54) is 5.56 Å². The maximum atomic E-state index is 13.1. The molecule has 0 radical (unpaired) electrons. The number of hydrogen-bond acceptors (Lipinski definition) is 3. The van der Waals surface area contributed by atoms with E-state index in [9.17, 15) is 9.59 Å². The van der Waals surface area contributed by atoms with Crippen LogP contribution in [0.4, 0.5) is 5.95 Å². The molecule has 2 aromatic carbocycles. The number of amides is 2. The van der Waals surface area contributed by atoms with Crippen molar-refractivity contribution in [1.29, 1.82) is 0 Å². The van der Waals surface area contributed by atoms with Crippen molar-refractivity contribution >= 4 is 40.4 Å². The number of benzene rings is 2. The molecule has 0 aliphatic carbocycles. The first-order valence-electron chi connectivity index (χ1n) is 11.7. The van der Waals surface area contributed by atoms with Gasteiger partial charge in [-0.3, -0.25) is 14.9 Å². The van der Waals surface area contributed by atoms with Gasteiger partial charge in [0.25, 0.3) is 0 Å². The van der Waals surface area contributed by atoms with Gasteiger partial charge in [0.2, 0.25) is 17.8 Å². The minimum absolute atomic E-state index is 0.0157. The van der Waals surface area contributed by atoms with Gasteiger partial charge in [-0.2, -0.15) is 0 Å². The summed E-state index contributed by atoms with van der Waals surface area (Å²) in [5.74, 6) is 0.551. The molecule has 4 rings (SSSR count). The van der Waals surface area contributed by atoms with Crippen molar-refractivity contribution in [2.24, 2.45) is 11.8 Å². The molecular formula is C26H31ClN4O2. The molecule has 0 bridgehead atoms. The van der Waals surface area contributed by atoms with Crippen LogP contribution in [0.1, 0.15) is 38.7 Å². The summed E-state index contributed by atoms with van der Waals surface area (Å²) in [4.78, 5) is 31.9. The van der Waals surface area contributed by atoms with Gasteiger partial charge in [0, 0.05) is 36.5 Å². The second-order valence-electron chi connectivity index (χ2n) is 9.05. The summed E-state index contributed by atoms with van der Waals surface area (Å²) >= 11 is 6.18. The number of halogens is 1. The highest BCUT2D eigenvalue weighted by molar-refractivity contribution is 6.31. The standard InChI is InChI=1S/C26H31ClN4O2/c1-18(2)25(33)30-15-12-20(13-16-30)24(32)29-26-28-22-17-21(27)10-11-23(22)31(26)14-6-9-19-7-4-3-5-8-19/h3-5,7-8,10-11,17-18,20H,6,9,12-16H2,1-2H3,(H,28,29,32). The molecule has 33 heavy (non-hydrogen) atoms. The highest BCUT2D eigenvalue weighted by Crippen LogP contribution is 2.26. The van der Waals surface area contributed by atoms with Crippen LogP contribution in [-0.4, -0.2) is 39.4 Å². The Balaban J connectivity index is 1.45. The molecule has 0 spiro atoms. The first-order valence-corrected chi connectivity index (χ1v) is 12.1. The lowest BCUT2D eigenvalue weighted by molar-refractivity contribution is -0.137. The highest BCUT2D eigenvalue weighted by atomic mass is 35.5. The third-order valence-corrected chi connectivity index (χ3v) is 6.54. The van der Waals surface area contributed by atoms with E-state index in [1.807, 2.05) is 43.0 Å². The Hall–Kier alpha value is -2.86. The highest BCUT2D eigenvalue weighted by Gasteiger charge is 2.29. The fourth-order valence-corrected chi connectivity index (χ4v) is 4.62. The first-order chi connectivity index (χ1) is 15.9. The van der Waals surface area contributed by atoms with Crippen molar-refractivity contribution < 1.29 is 9.59 Å². The molecule has 174 valence electrons. The molecular weight excluding hydrogens is 436 g/mol. The molecule has 0 atom stereocenters. The Labute approximate surface area is 199 Å². The average molecular weight is 467 g/mol. The molecule has 1 saturated heterocycles. The summed E-state index contributed by atoms with van der Waals surface area (Å²) in [5.41, 5.74) is 3.02. The Morgan fingerprint density at radius 2 is 1.85 bits per heavy atom. The van der Waals surface area contributed by atoms with Gasteiger partial charge in [0.05, 0.1) is 11.0 Å². The fourth-order valence-electron chi connectivity index (χ4n) is 4.45. The number of imidazole rings is 1. The summed E-state index contributed by atoms with van der Waals surface area (Å²) in [6.45, 7) is 5.81. The molecule has 1 aliphatic heterocycles. The number of hydrogen-bond donors (Lipinski definition) is 1. The molecule has 2 amide bonds. The van der Waals surface area contributed by atoms with Crippen molar-refractivity contribution in [2.75, 3.05) is 18.4 Å². The monoisotopic (exact) mass is 466 g/mol. The number of fused-ring (bicyclic) bond motifs is 1. The molecule has 0 unspecified atom stereocenters. The van der Waals surface area contributed by atoms with E-state index in [2.05, 4.69) is 39.1 Å². The fraction of sp³-hybridized carbons (Fsp3) is 0.423. The van der Waals surface area contributed by atoms with Crippen molar-refractivity contribution in [3.8, 4) is 0 Å². The van der Waals surface area contributed by atoms with Crippen LogP contribution in [0, 0.1) is 11.8 Å². The summed E-state index contributed by atoms with van der Waals surface area (Å²) in [5, 5.41) is 3.69. The van der Waals surface area contributed by atoms with Crippen LogP contribution in [-0.2, 0) is 22.6 Å². The van der Waals surface area contributed by atoms with Gasteiger partial charge >= 0.3 is 0 Å². The van der Waals surface area contributed by atoms with Gasteiger partial charge in [0.1, 0.15) is 0 Å². The zero-order valence-electron chi connectivity index (χ0n) is 19.3. The van der Waals surface area contributed by atoms with E-state index in [4.69, 9.17) is 11.6 Å². The maximum Gasteiger partial charge on any atom is 0.229 e. The minimum Gasteiger partial charge on any atom is -0.342 e. The summed E-state index contributed by atoms with van der Waals surface area (Å²) in [6, 6.07) is 16.0. The maximum absolute atomic E-state index is 13.1. The molecule has 7 heteroatoms. The third kappa shape index (κ3) is 5.56. The lowest BCUT2D eigenvalue weighted by Crippen LogP contribution is -2.43. The van der Waals surface area contributed by atoms with Crippen LogP contribution in [0.25, 0.3) is 11.0 Å². The first kappa shape index (κ1) is 23.3. The van der Waals surface area contributed by atoms with Crippen molar-refractivity contribution in [1.82, 2.24) is 14.5 Å². The second-order valence-corrected chi connectivity index (χ2v) is 9.49. The Bertz CT molecular complexity index is 1120. The third-order valence-electron chi connectivity index (χ3n) is 6.31. The smallest absolute Gasteiger partial charge is 0.229 e. The number of aryl methyl sites for hydroxylation is 2. The largest absolute Gasteiger partial charge is 0.342 e. The zero-order chi connectivity index (χ0) is 23.4. The number of piperidine rings is 1. The number of likely N-dealkylation sites (tertiary alicyclic amines) is 1. The van der Waals surface area contributed by atoms with Gasteiger partial charge in [-0.15, -0.1) is 0 Å². The summed E-state index contributed by atoms with van der Waals surface area (Å²) in [7, 11) is 0. The average Bonchev–Trinajstić information content (AvgIpc) is 3.15. The molecule has 1 N–H and O–H groups in total. The number of rotatable bonds is 7. The van der Waals surface area contributed by atoms with E-state index in [1.54, 1.807) is 0 Å². The van der Waals surface area contributed by atoms with Gasteiger partial charge in [-0.25, -0.2) is 4.98 Å². The van der Waals surface area contributed by atoms with Gasteiger partial charge in [-0.1, -0.05) is 55.8 Å². The summed E-state index contributed by atoms with van der Waals surface area (Å²) in [6.07, 6.45) is 3.22. The Morgan fingerprint density at radius 1 is 1.12 bits per heavy atom. The quantitative estimate of drug-likeness (QED) is 0.523. The van der Waals surface area contributed by atoms with E-state index in [0.29, 0.717) is 36.9 Å². The molecule has 2 heterocycles. The number of carbonyl (C=O) groups is 2. The van der Waals surface area contributed by atoms with E-state index in [-0.39, 0.29) is 23.7 Å². The number of aromatic nitrogens is 2. The number of nitrogens with zero attached hydrogens (tertiary/aromatic N) is 3. The van der Waals surface area contributed by atoms with E-state index >= 15 is 0 Å². The molecule has 1 fully saturated rings. The second kappa shape index (κ2) is 10.4. The molecule has 3 aromatic rings. The van der Waals surface area contributed by atoms with Crippen LogP contribution in [0.3, 0.4) is 0 Å². The van der Waals surface area contributed by atoms with Crippen molar-refractivity contribution in [3.63, 3.8) is 0 Å². The van der Waals surface area contributed by atoms with Crippen LogP contribution >= 0.6 is 11.6 Å². The van der Waals surface area contributed by atoms with Gasteiger partial charge < -0.3 is 9.47 Å². The predicted molar refractivity (Wildman–Crippen MR) is 132 cm³/mol. The lowest BCUT2D eigenvalue weighted by Gasteiger charge is -2.32. The normalized spacial score (nSPS) is 14.7. The van der Waals surface area contributed by atoms with E-state index < -0.39 is 0 Å². The zero-order valence-corrected chi connectivity index (χ0v) is 20.0. The SMILES string of the molecule is CC(C)C(=O)N1CCC(C(=O)Nc2nc3cc(Cl)ccc3n2CCCc2ccccc2)CC1. The van der Waals surface area contributed by atoms with E-state index in [0.717, 1.165) is 30.4 Å². The predicted octanol–water partition coefficient (Wildman–Crippen LogP) is 5.16. The van der Waals surface area contributed by atoms with Crippen LogP contribution < -0.4 is 5.32 Å². The van der Waals surface area contributed by atoms with Crippen LogP contribution in [0.2, 0.25) is 5.02 Å². The molecule has 1 aromatic heterocycles. The topological polar surface area (TPSA) is 67.2 Å². The van der Waals surface area contributed by atoms with Crippen molar-refractivity contribution in [2.45, 2.75) is 46.1 Å². The molecule has 0 saturated carbocycles. The van der Waals surface area contributed by atoms with Gasteiger partial charge in [0.15, 0.2) is 0 Å². The Kier molecular flexibility index (Phi) is 7.33. The van der Waals surface area contributed by atoms with Crippen LogP contribution in [0.5, 0.6) is 0 Å². The number of nitrogens with one attached hydrogen (secondary N) is 1. The molecule has 6 nitrogen and oxygen atoms in total.